The number of carboxylic acids is 1. The summed E-state index contributed by atoms with van der Waals surface area (Å²) in [5.74, 6) is -0.297. The van der Waals surface area contributed by atoms with E-state index in [-0.39, 0.29) is 4.88 Å². The summed E-state index contributed by atoms with van der Waals surface area (Å²) in [4.78, 5) is 11.1. The van der Waals surface area contributed by atoms with Gasteiger partial charge in [0, 0.05) is 15.8 Å². The number of benzene rings is 2. The smallest absolute Gasteiger partial charge is 0.345 e. The van der Waals surface area contributed by atoms with Crippen molar-refractivity contribution in [3.8, 4) is 10.8 Å². The van der Waals surface area contributed by atoms with Gasteiger partial charge in [-0.15, -0.1) is 0 Å². The van der Waals surface area contributed by atoms with Crippen molar-refractivity contribution in [2.75, 3.05) is 0 Å². The number of rotatable bonds is 3. The number of ether oxygens (including phenoxy) is 1. The first-order valence-corrected chi connectivity index (χ1v) is 7.03. The van der Waals surface area contributed by atoms with Gasteiger partial charge in [0.1, 0.15) is 10.6 Å². The molecule has 1 aromatic heterocycles. The van der Waals surface area contributed by atoms with Crippen LogP contribution in [0.4, 0.5) is 0 Å². The molecule has 0 unspecified atom stereocenters. The molecule has 0 fully saturated rings. The highest BCUT2D eigenvalue weighted by Gasteiger charge is 2.10. The summed E-state index contributed by atoms with van der Waals surface area (Å²) in [6.45, 7) is 0. The van der Waals surface area contributed by atoms with Gasteiger partial charge in [-0.2, -0.15) is 0 Å². The second kappa shape index (κ2) is 5.15. The highest BCUT2D eigenvalue weighted by atomic mass is 35.5. The van der Waals surface area contributed by atoms with Crippen LogP contribution in [0.5, 0.6) is 10.8 Å². The zero-order chi connectivity index (χ0) is 14.1. The van der Waals surface area contributed by atoms with E-state index in [0.717, 1.165) is 22.1 Å². The van der Waals surface area contributed by atoms with Crippen molar-refractivity contribution in [1.29, 1.82) is 0 Å². The number of carboxylic acid groups (broad SMARTS) is 1. The Morgan fingerprint density at radius 2 is 1.80 bits per heavy atom. The van der Waals surface area contributed by atoms with E-state index >= 15 is 0 Å². The minimum atomic E-state index is -0.953. The molecule has 0 radical (unpaired) electrons. The van der Waals surface area contributed by atoms with Crippen LogP contribution >= 0.6 is 22.9 Å². The molecule has 0 amide bonds. The SMILES string of the molecule is O=C(O)c1ccc(Oc2ccc(Cl)c3ccccc23)s1. The third kappa shape index (κ3) is 2.35. The van der Waals surface area contributed by atoms with Crippen molar-refractivity contribution >= 4 is 39.7 Å². The van der Waals surface area contributed by atoms with Gasteiger partial charge >= 0.3 is 5.97 Å². The second-order valence-electron chi connectivity index (χ2n) is 4.12. The van der Waals surface area contributed by atoms with Gasteiger partial charge < -0.3 is 9.84 Å². The van der Waals surface area contributed by atoms with Crippen LogP contribution in [0.3, 0.4) is 0 Å². The fraction of sp³-hybridized carbons (Fsp3) is 0. The topological polar surface area (TPSA) is 46.5 Å². The van der Waals surface area contributed by atoms with Gasteiger partial charge in [0.25, 0.3) is 0 Å². The van der Waals surface area contributed by atoms with Crippen LogP contribution in [-0.4, -0.2) is 11.1 Å². The Morgan fingerprint density at radius 1 is 1.05 bits per heavy atom. The summed E-state index contributed by atoms with van der Waals surface area (Å²) in [5, 5.41) is 11.9. The van der Waals surface area contributed by atoms with Crippen LogP contribution in [0.2, 0.25) is 5.02 Å². The summed E-state index contributed by atoms with van der Waals surface area (Å²) in [6.07, 6.45) is 0. The molecular weight excluding hydrogens is 296 g/mol. The Hall–Kier alpha value is -2.04. The van der Waals surface area contributed by atoms with Crippen molar-refractivity contribution in [2.45, 2.75) is 0 Å². The monoisotopic (exact) mass is 304 g/mol. The number of halogens is 1. The molecule has 100 valence electrons. The predicted molar refractivity (Wildman–Crippen MR) is 80.3 cm³/mol. The first-order chi connectivity index (χ1) is 9.65. The van der Waals surface area contributed by atoms with E-state index in [1.807, 2.05) is 24.3 Å². The van der Waals surface area contributed by atoms with Crippen LogP contribution < -0.4 is 4.74 Å². The number of aromatic carboxylic acids is 1. The molecule has 3 rings (SSSR count). The molecule has 0 aliphatic rings. The van der Waals surface area contributed by atoms with Crippen molar-refractivity contribution in [3.63, 3.8) is 0 Å². The molecule has 1 heterocycles. The Balaban J connectivity index is 2.02. The molecule has 2 aromatic carbocycles. The number of hydrogen-bond donors (Lipinski definition) is 1. The Kier molecular flexibility index (Phi) is 3.34. The van der Waals surface area contributed by atoms with Crippen LogP contribution in [0.1, 0.15) is 9.67 Å². The van der Waals surface area contributed by atoms with Crippen LogP contribution in [0, 0.1) is 0 Å². The molecule has 0 atom stereocenters. The van der Waals surface area contributed by atoms with Gasteiger partial charge in [-0.05, 0) is 24.3 Å². The molecule has 0 spiro atoms. The quantitative estimate of drug-likeness (QED) is 0.737. The zero-order valence-corrected chi connectivity index (χ0v) is 11.7. The summed E-state index contributed by atoms with van der Waals surface area (Å²) in [6, 6.07) is 14.4. The van der Waals surface area contributed by atoms with E-state index in [1.165, 1.54) is 6.07 Å². The van der Waals surface area contributed by atoms with Gasteiger partial charge in [0.05, 0.1) is 0 Å². The largest absolute Gasteiger partial charge is 0.477 e. The van der Waals surface area contributed by atoms with Crippen molar-refractivity contribution in [2.24, 2.45) is 0 Å². The van der Waals surface area contributed by atoms with Gasteiger partial charge in [0.15, 0.2) is 5.06 Å². The molecule has 3 nitrogen and oxygen atoms in total. The molecule has 5 heteroatoms. The van der Waals surface area contributed by atoms with Gasteiger partial charge in [0.2, 0.25) is 0 Å². The highest BCUT2D eigenvalue weighted by molar-refractivity contribution is 7.15. The third-order valence-corrected chi connectivity index (χ3v) is 4.11. The lowest BCUT2D eigenvalue weighted by Gasteiger charge is -2.08. The van der Waals surface area contributed by atoms with E-state index in [4.69, 9.17) is 21.4 Å². The number of fused-ring (bicyclic) bond motifs is 1. The summed E-state index contributed by atoms with van der Waals surface area (Å²) < 4.78 is 5.77. The molecule has 0 aliphatic carbocycles. The summed E-state index contributed by atoms with van der Waals surface area (Å²) in [5.41, 5.74) is 0. The normalized spacial score (nSPS) is 10.7. The number of hydrogen-bond acceptors (Lipinski definition) is 3. The summed E-state index contributed by atoms with van der Waals surface area (Å²) in [7, 11) is 0. The zero-order valence-electron chi connectivity index (χ0n) is 10.2. The minimum absolute atomic E-state index is 0.248. The molecule has 20 heavy (non-hydrogen) atoms. The van der Waals surface area contributed by atoms with E-state index in [2.05, 4.69) is 0 Å². The first kappa shape index (κ1) is 13.0. The Labute approximate surface area is 124 Å². The minimum Gasteiger partial charge on any atom is -0.477 e. The standard InChI is InChI=1S/C15H9ClO3S/c16-11-5-6-12(10-4-2-1-3-9(10)11)19-14-8-7-13(20-14)15(17)18/h1-8H,(H,17,18). The van der Waals surface area contributed by atoms with E-state index in [9.17, 15) is 4.79 Å². The first-order valence-electron chi connectivity index (χ1n) is 5.83. The van der Waals surface area contributed by atoms with Gasteiger partial charge in [-0.25, -0.2) is 4.79 Å². The molecule has 0 bridgehead atoms. The van der Waals surface area contributed by atoms with Gasteiger partial charge in [-0.3, -0.25) is 0 Å². The summed E-state index contributed by atoms with van der Waals surface area (Å²) >= 11 is 7.24. The molecule has 0 aliphatic heterocycles. The lowest BCUT2D eigenvalue weighted by atomic mass is 10.1. The second-order valence-corrected chi connectivity index (χ2v) is 5.57. The lowest BCUT2D eigenvalue weighted by molar-refractivity contribution is 0.0702. The third-order valence-electron chi connectivity index (χ3n) is 2.83. The van der Waals surface area contributed by atoms with Crippen molar-refractivity contribution in [1.82, 2.24) is 0 Å². The fourth-order valence-corrected chi connectivity index (χ4v) is 2.86. The van der Waals surface area contributed by atoms with Gasteiger partial charge in [-0.1, -0.05) is 47.2 Å². The Morgan fingerprint density at radius 3 is 2.50 bits per heavy atom. The average molecular weight is 305 g/mol. The molecule has 0 saturated carbocycles. The Bertz CT molecular complexity index is 795. The maximum absolute atomic E-state index is 10.9. The predicted octanol–water partition coefficient (Wildman–Crippen LogP) is 5.05. The molecule has 1 N–H and O–H groups in total. The average Bonchev–Trinajstić information content (AvgIpc) is 2.91. The van der Waals surface area contributed by atoms with E-state index in [1.54, 1.807) is 18.2 Å². The molecule has 0 saturated heterocycles. The highest BCUT2D eigenvalue weighted by Crippen LogP contribution is 2.36. The maximum atomic E-state index is 10.9. The lowest BCUT2D eigenvalue weighted by Crippen LogP contribution is -1.89. The van der Waals surface area contributed by atoms with E-state index in [0.29, 0.717) is 15.8 Å². The maximum Gasteiger partial charge on any atom is 0.345 e. The van der Waals surface area contributed by atoms with Crippen molar-refractivity contribution < 1.29 is 14.6 Å². The van der Waals surface area contributed by atoms with Crippen LogP contribution in [-0.2, 0) is 0 Å². The number of carbonyl (C=O) groups is 1. The van der Waals surface area contributed by atoms with Crippen LogP contribution in [0.25, 0.3) is 10.8 Å². The number of thiophene rings is 1. The molecular formula is C15H9ClO3S. The molecule has 3 aromatic rings. The van der Waals surface area contributed by atoms with E-state index < -0.39 is 5.97 Å². The fourth-order valence-electron chi connectivity index (χ4n) is 1.92. The van der Waals surface area contributed by atoms with Crippen molar-refractivity contribution in [3.05, 3.63) is 58.4 Å². The van der Waals surface area contributed by atoms with Crippen LogP contribution in [0.15, 0.2) is 48.5 Å².